The Hall–Kier alpha value is -4.54. The van der Waals surface area contributed by atoms with E-state index in [4.69, 9.17) is 28.4 Å². The number of halogens is 1. The molecular weight excluding hydrogens is 962 g/mol. The summed E-state index contributed by atoms with van der Waals surface area (Å²) in [6, 6.07) is 4.58. The standard InChI is InChI=1S/C51H78FNO11.C9H12O2/c1-30-16-12-11-13-17-31(2)32(3)27-39-21-19-37(8)51(52,64-39)48(58)49(59)53-23-15-14-18-40(53)50(60)63-43(34(5)26-38-20-22-41(54)44(28-38)61-9)29-42(55)33(4)25-36(7)46(57)47(62-10)45(56)35(6)24-30;1-7-4-5-8(10-2)6-9(7)11-3/h11-13,16-17,25,30,32-35,37-41,43-44,46-47,54,57H,14-15,18-24,26-29H2,1-10H3;4-6H,1-3H3/b13-11+,16-12+,31-17+,36-25+;/t30-,32+,33-,34-,35-,37-,38+,39+,40+,41?,43?,44?,46?,47?,51?;/m1./s1. The molecule has 4 aliphatic rings. The number of carbonyl (C=O) groups excluding carboxylic acids is 5. The molecule has 15 heteroatoms. The van der Waals surface area contributed by atoms with Crippen molar-refractivity contribution in [3.8, 4) is 11.5 Å². The highest BCUT2D eigenvalue weighted by Crippen LogP contribution is 2.40. The number of aliphatic hydroxyl groups excluding tert-OH is 2. The van der Waals surface area contributed by atoms with Crippen LogP contribution in [0.25, 0.3) is 0 Å². The number of esters is 1. The molecule has 1 aromatic rings. The summed E-state index contributed by atoms with van der Waals surface area (Å²) in [4.78, 5) is 71.3. The molecule has 0 spiro atoms. The average molecular weight is 1050 g/mol. The zero-order valence-corrected chi connectivity index (χ0v) is 47.2. The third kappa shape index (κ3) is 17.5. The molecule has 6 unspecified atom stereocenters. The van der Waals surface area contributed by atoms with Crippen LogP contribution in [0.1, 0.15) is 138 Å². The van der Waals surface area contributed by atoms with Gasteiger partial charge < -0.3 is 43.5 Å². The van der Waals surface area contributed by atoms with Crippen LogP contribution in [-0.2, 0) is 42.9 Å². The summed E-state index contributed by atoms with van der Waals surface area (Å²) >= 11 is 0. The molecule has 2 bridgehead atoms. The number of hydrogen-bond donors (Lipinski definition) is 2. The first-order valence-corrected chi connectivity index (χ1v) is 27.3. The zero-order valence-electron chi connectivity index (χ0n) is 47.2. The van der Waals surface area contributed by atoms with Gasteiger partial charge in [-0.05, 0) is 132 Å². The van der Waals surface area contributed by atoms with Gasteiger partial charge in [0.2, 0.25) is 0 Å². The minimum Gasteiger partial charge on any atom is -0.497 e. The number of rotatable bonds is 7. The van der Waals surface area contributed by atoms with Crippen LogP contribution in [0.2, 0.25) is 0 Å². The van der Waals surface area contributed by atoms with Crippen molar-refractivity contribution in [1.82, 2.24) is 4.90 Å². The monoisotopic (exact) mass is 1050 g/mol. The van der Waals surface area contributed by atoms with E-state index in [2.05, 4.69) is 0 Å². The van der Waals surface area contributed by atoms with Gasteiger partial charge in [-0.25, -0.2) is 9.18 Å². The fraction of sp³-hybridized carbons (Fsp3) is 0.683. The molecule has 14 nitrogen and oxygen atoms in total. The lowest BCUT2D eigenvalue weighted by atomic mass is 9.78. The van der Waals surface area contributed by atoms with Gasteiger partial charge in [0.1, 0.15) is 41.6 Å². The second-order valence-electron chi connectivity index (χ2n) is 22.1. The Bertz CT molecular complexity index is 2190. The summed E-state index contributed by atoms with van der Waals surface area (Å²) in [5.41, 5.74) is 2.53. The first-order chi connectivity index (χ1) is 35.5. The van der Waals surface area contributed by atoms with Crippen molar-refractivity contribution in [3.63, 3.8) is 0 Å². The van der Waals surface area contributed by atoms with Gasteiger partial charge in [0.05, 0.1) is 32.5 Å². The molecule has 0 radical (unpaired) electrons. The Morgan fingerprint density at radius 1 is 0.813 bits per heavy atom. The highest BCUT2D eigenvalue weighted by atomic mass is 19.2. The summed E-state index contributed by atoms with van der Waals surface area (Å²) in [7, 11) is 6.24. The maximum atomic E-state index is 17.0. The Balaban J connectivity index is 0.000000977. The third-order valence-corrected chi connectivity index (χ3v) is 16.2. The van der Waals surface area contributed by atoms with Crippen LogP contribution in [0.4, 0.5) is 4.39 Å². The predicted octanol–water partition coefficient (Wildman–Crippen LogP) is 9.79. The van der Waals surface area contributed by atoms with E-state index >= 15 is 4.39 Å². The molecule has 1 aliphatic carbocycles. The van der Waals surface area contributed by atoms with Gasteiger partial charge in [-0.2, -0.15) is 0 Å². The SMILES string of the molecule is COC1C[C@H](C[C@@H](C)C2CC(=O)[C@H](C)/C=C(\C)C(O)C(OC)C(=O)[C@H](C)C[C@H](C)/C=C/C=C/C=C(\C)[C@@H](C)C[C@@H]3CC[C@@H](C)C(F)(O3)C(=O)C(=O)N3CCCC[C@H]3C(=O)O2)CCC1O.COc1ccc(C)c(OC)c1. The van der Waals surface area contributed by atoms with Crippen molar-refractivity contribution >= 4 is 29.2 Å². The van der Waals surface area contributed by atoms with E-state index in [0.29, 0.717) is 63.4 Å². The molecule has 15 atom stereocenters. The van der Waals surface area contributed by atoms with Crippen LogP contribution in [0, 0.1) is 48.3 Å². The minimum absolute atomic E-state index is 0.0240. The number of cyclic esters (lactones) is 1. The van der Waals surface area contributed by atoms with Crippen LogP contribution < -0.4 is 9.47 Å². The number of carbonyl (C=O) groups is 5. The fourth-order valence-corrected chi connectivity index (χ4v) is 10.9. The van der Waals surface area contributed by atoms with E-state index in [9.17, 15) is 34.2 Å². The van der Waals surface area contributed by atoms with E-state index in [-0.39, 0.29) is 60.7 Å². The van der Waals surface area contributed by atoms with Crippen molar-refractivity contribution in [3.05, 3.63) is 71.4 Å². The maximum absolute atomic E-state index is 17.0. The van der Waals surface area contributed by atoms with Gasteiger partial charge in [-0.1, -0.05) is 89.6 Å². The quantitative estimate of drug-likeness (QED) is 0.150. The third-order valence-electron chi connectivity index (χ3n) is 16.2. The topological polar surface area (TPSA) is 184 Å². The van der Waals surface area contributed by atoms with Gasteiger partial charge in [0.15, 0.2) is 5.78 Å². The molecule has 3 fully saturated rings. The summed E-state index contributed by atoms with van der Waals surface area (Å²) in [6.07, 6.45) is 11.7. The minimum atomic E-state index is -2.87. The molecule has 3 heterocycles. The summed E-state index contributed by atoms with van der Waals surface area (Å²) in [5, 5.41) is 21.9. The van der Waals surface area contributed by atoms with Crippen LogP contribution in [0.3, 0.4) is 0 Å². The second kappa shape index (κ2) is 29.8. The van der Waals surface area contributed by atoms with Crippen molar-refractivity contribution < 1.29 is 67.0 Å². The molecule has 2 N–H and O–H groups in total. The lowest BCUT2D eigenvalue weighted by Gasteiger charge is -2.41. The van der Waals surface area contributed by atoms with E-state index < -0.39 is 77.8 Å². The number of aliphatic hydroxyl groups is 2. The van der Waals surface area contributed by atoms with Gasteiger partial charge >= 0.3 is 5.97 Å². The number of fused-ring (bicyclic) bond motifs is 3. The summed E-state index contributed by atoms with van der Waals surface area (Å²) < 4.78 is 50.4. The Kier molecular flexibility index (Phi) is 25.1. The van der Waals surface area contributed by atoms with Gasteiger partial charge in [0, 0.05) is 51.0 Å². The van der Waals surface area contributed by atoms with Crippen molar-refractivity contribution in [1.29, 1.82) is 0 Å². The Morgan fingerprint density at radius 2 is 1.53 bits per heavy atom. The number of allylic oxidation sites excluding steroid dienone is 7. The zero-order chi connectivity index (χ0) is 55.7. The number of aryl methyl sites for hydroxylation is 1. The lowest BCUT2D eigenvalue weighted by molar-refractivity contribution is -0.230. The average Bonchev–Trinajstić information content (AvgIpc) is 3.39. The molecule has 1 amide bonds. The molecule has 420 valence electrons. The van der Waals surface area contributed by atoms with E-state index in [1.165, 1.54) is 7.11 Å². The van der Waals surface area contributed by atoms with Crippen molar-refractivity contribution in [2.75, 3.05) is 35.0 Å². The van der Waals surface area contributed by atoms with E-state index in [0.717, 1.165) is 34.0 Å². The van der Waals surface area contributed by atoms with Crippen molar-refractivity contribution in [2.24, 2.45) is 41.4 Å². The molecule has 3 aliphatic heterocycles. The first kappa shape index (κ1) is 63.0. The normalized spacial score (nSPS) is 36.2. The lowest BCUT2D eigenvalue weighted by Crippen LogP contribution is -2.59. The summed E-state index contributed by atoms with van der Waals surface area (Å²) in [5.74, 6) is -7.23. The van der Waals surface area contributed by atoms with Crippen molar-refractivity contribution in [2.45, 2.75) is 188 Å². The molecule has 1 aromatic carbocycles. The number of methoxy groups -OCH3 is 4. The molecule has 0 aromatic heterocycles. The van der Waals surface area contributed by atoms with Gasteiger partial charge in [-0.15, -0.1) is 0 Å². The molecule has 5 rings (SSSR count). The Morgan fingerprint density at radius 3 is 2.20 bits per heavy atom. The highest BCUT2D eigenvalue weighted by molar-refractivity contribution is 6.39. The molecule has 75 heavy (non-hydrogen) atoms. The van der Waals surface area contributed by atoms with E-state index in [1.807, 2.05) is 90.1 Å². The number of ketones is 3. The highest BCUT2D eigenvalue weighted by Gasteiger charge is 2.54. The molecular formula is C60H90FNO13. The predicted molar refractivity (Wildman–Crippen MR) is 287 cm³/mol. The number of amides is 1. The molecule has 2 saturated heterocycles. The number of benzene rings is 1. The first-order valence-electron chi connectivity index (χ1n) is 27.3. The molecule has 1 saturated carbocycles. The van der Waals surface area contributed by atoms with Gasteiger partial charge in [-0.3, -0.25) is 19.2 Å². The van der Waals surface area contributed by atoms with E-state index in [1.54, 1.807) is 48.2 Å². The number of Topliss-reactive ketones (excluding diaryl/α,β-unsaturated/α-hetero) is 3. The van der Waals surface area contributed by atoms with Crippen LogP contribution >= 0.6 is 0 Å². The number of alkyl halides is 1. The van der Waals surface area contributed by atoms with Gasteiger partial charge in [0.25, 0.3) is 17.5 Å². The maximum Gasteiger partial charge on any atom is 0.329 e. The van der Waals surface area contributed by atoms with Crippen LogP contribution in [0.5, 0.6) is 11.5 Å². The largest absolute Gasteiger partial charge is 0.497 e. The number of ether oxygens (including phenoxy) is 6. The fourth-order valence-electron chi connectivity index (χ4n) is 10.9. The Labute approximate surface area is 446 Å². The number of hydrogen-bond acceptors (Lipinski definition) is 13. The number of piperidine rings is 1. The second-order valence-corrected chi connectivity index (χ2v) is 22.1. The van der Waals surface area contributed by atoms with Crippen LogP contribution in [0.15, 0.2) is 65.8 Å². The summed E-state index contributed by atoms with van der Waals surface area (Å²) in [6.45, 7) is 16.7. The number of nitrogens with zero attached hydrogens (tertiary/aromatic N) is 1. The smallest absolute Gasteiger partial charge is 0.329 e. The van der Waals surface area contributed by atoms with Crippen LogP contribution in [-0.4, -0.2) is 128 Å².